The number of aromatic nitrogens is 3. The van der Waals surface area contributed by atoms with Crippen LogP contribution in [0.3, 0.4) is 0 Å². The van der Waals surface area contributed by atoms with Crippen LogP contribution in [0.25, 0.3) is 0 Å². The second-order valence-corrected chi connectivity index (χ2v) is 6.90. The van der Waals surface area contributed by atoms with Gasteiger partial charge in [0.15, 0.2) is 0 Å². The number of nitrogens with one attached hydrogen (secondary N) is 1. The Labute approximate surface area is 167 Å². The number of carbonyl (C=O) groups excluding carboxylic acids is 1. The van der Waals surface area contributed by atoms with Gasteiger partial charge in [0, 0.05) is 17.3 Å². The van der Waals surface area contributed by atoms with E-state index in [1.807, 2.05) is 19.9 Å². The SMILES string of the molecule is CCc1cc(C)cc(C(=O)c2c(CC)c(=O)[nH]c(=O)n2Cc2ccnc(F)c2)c1. The molecule has 3 aromatic rings. The average Bonchev–Trinajstić information content (AvgIpc) is 2.68. The molecule has 0 bridgehead atoms. The second-order valence-electron chi connectivity index (χ2n) is 6.90. The molecule has 0 amide bonds. The largest absolute Gasteiger partial charge is 0.329 e. The lowest BCUT2D eigenvalue weighted by atomic mass is 9.98. The lowest BCUT2D eigenvalue weighted by Crippen LogP contribution is -2.37. The summed E-state index contributed by atoms with van der Waals surface area (Å²) in [6, 6.07) is 8.25. The van der Waals surface area contributed by atoms with Crippen LogP contribution in [0.2, 0.25) is 0 Å². The molecule has 6 nitrogen and oxygen atoms in total. The summed E-state index contributed by atoms with van der Waals surface area (Å²) < 4.78 is 14.7. The van der Waals surface area contributed by atoms with Crippen LogP contribution in [0, 0.1) is 12.9 Å². The standard InChI is InChI=1S/C22H22FN3O3/c1-4-14-8-13(3)9-16(10-14)20(27)19-17(5-2)21(28)25-22(29)26(19)12-15-6-7-24-18(23)11-15/h6-11H,4-5,12H2,1-3H3,(H,25,28,29). The Kier molecular flexibility index (Phi) is 5.87. The summed E-state index contributed by atoms with van der Waals surface area (Å²) in [6.45, 7) is 5.56. The fourth-order valence-electron chi connectivity index (χ4n) is 3.41. The van der Waals surface area contributed by atoms with Crippen LogP contribution in [0.15, 0.2) is 46.1 Å². The first kappa shape index (κ1) is 20.4. The first-order valence-electron chi connectivity index (χ1n) is 9.45. The summed E-state index contributed by atoms with van der Waals surface area (Å²) in [6.07, 6.45) is 2.31. The summed E-state index contributed by atoms with van der Waals surface area (Å²) in [5, 5.41) is 0. The highest BCUT2D eigenvalue weighted by Gasteiger charge is 2.22. The normalized spacial score (nSPS) is 10.9. The fraction of sp³-hybridized carbons (Fsp3) is 0.273. The Balaban J connectivity index is 2.23. The Morgan fingerprint density at radius 2 is 1.86 bits per heavy atom. The zero-order valence-corrected chi connectivity index (χ0v) is 16.6. The monoisotopic (exact) mass is 395 g/mol. The number of H-pyrrole nitrogens is 1. The van der Waals surface area contributed by atoms with Crippen LogP contribution in [0.1, 0.15) is 52.2 Å². The van der Waals surface area contributed by atoms with Crippen LogP contribution in [0.5, 0.6) is 0 Å². The van der Waals surface area contributed by atoms with Crippen molar-refractivity contribution in [3.63, 3.8) is 0 Å². The highest BCUT2D eigenvalue weighted by molar-refractivity contribution is 6.09. The molecule has 29 heavy (non-hydrogen) atoms. The molecule has 1 aromatic carbocycles. The highest BCUT2D eigenvalue weighted by atomic mass is 19.1. The van der Waals surface area contributed by atoms with E-state index >= 15 is 0 Å². The van der Waals surface area contributed by atoms with Crippen molar-refractivity contribution >= 4 is 5.78 Å². The summed E-state index contributed by atoms with van der Waals surface area (Å²) in [7, 11) is 0. The summed E-state index contributed by atoms with van der Waals surface area (Å²) in [4.78, 5) is 44.2. The quantitative estimate of drug-likeness (QED) is 0.514. The number of ketones is 1. The number of benzene rings is 1. The third-order valence-corrected chi connectivity index (χ3v) is 4.80. The van der Waals surface area contributed by atoms with Gasteiger partial charge in [-0.05, 0) is 55.2 Å². The second kappa shape index (κ2) is 8.34. The van der Waals surface area contributed by atoms with Gasteiger partial charge in [-0.2, -0.15) is 4.39 Å². The van der Waals surface area contributed by atoms with Gasteiger partial charge in [-0.15, -0.1) is 0 Å². The van der Waals surface area contributed by atoms with E-state index in [9.17, 15) is 18.8 Å². The predicted molar refractivity (Wildman–Crippen MR) is 108 cm³/mol. The van der Waals surface area contributed by atoms with Crippen LogP contribution >= 0.6 is 0 Å². The molecule has 0 atom stereocenters. The Bertz CT molecular complexity index is 1190. The molecular weight excluding hydrogens is 373 g/mol. The van der Waals surface area contributed by atoms with E-state index in [1.165, 1.54) is 16.8 Å². The topological polar surface area (TPSA) is 84.8 Å². The number of aryl methyl sites for hydroxylation is 2. The van der Waals surface area contributed by atoms with E-state index in [4.69, 9.17) is 0 Å². The van der Waals surface area contributed by atoms with Gasteiger partial charge in [0.05, 0.1) is 6.54 Å². The van der Waals surface area contributed by atoms with Crippen LogP contribution in [-0.4, -0.2) is 20.3 Å². The molecule has 1 N–H and O–H groups in total. The van der Waals surface area contributed by atoms with Crippen molar-refractivity contribution in [2.75, 3.05) is 0 Å². The minimum atomic E-state index is -0.712. The molecule has 0 aliphatic heterocycles. The van der Waals surface area contributed by atoms with Gasteiger partial charge in [-0.3, -0.25) is 19.1 Å². The van der Waals surface area contributed by atoms with E-state index in [-0.39, 0.29) is 24.2 Å². The van der Waals surface area contributed by atoms with Crippen molar-refractivity contribution in [1.29, 1.82) is 0 Å². The molecule has 0 fully saturated rings. The van der Waals surface area contributed by atoms with E-state index in [0.29, 0.717) is 11.1 Å². The number of nitrogens with zero attached hydrogens (tertiary/aromatic N) is 2. The summed E-state index contributed by atoms with van der Waals surface area (Å²) in [5.41, 5.74) is 1.74. The number of rotatable bonds is 6. The molecule has 0 saturated heterocycles. The molecule has 7 heteroatoms. The molecule has 0 aliphatic carbocycles. The molecule has 150 valence electrons. The Morgan fingerprint density at radius 1 is 1.10 bits per heavy atom. The van der Waals surface area contributed by atoms with Crippen molar-refractivity contribution < 1.29 is 9.18 Å². The molecule has 3 rings (SSSR count). The van der Waals surface area contributed by atoms with Gasteiger partial charge in [0.1, 0.15) is 5.69 Å². The lowest BCUT2D eigenvalue weighted by molar-refractivity contribution is 0.102. The van der Waals surface area contributed by atoms with Gasteiger partial charge in [0.25, 0.3) is 5.56 Å². The molecule has 2 aromatic heterocycles. The third kappa shape index (κ3) is 4.23. The maximum atomic E-state index is 13.5. The Hall–Kier alpha value is -3.35. The molecule has 0 aliphatic rings. The van der Waals surface area contributed by atoms with E-state index in [0.717, 1.165) is 17.5 Å². The van der Waals surface area contributed by atoms with Crippen molar-refractivity contribution in [1.82, 2.24) is 14.5 Å². The molecule has 0 radical (unpaired) electrons. The first-order valence-corrected chi connectivity index (χ1v) is 9.45. The maximum absolute atomic E-state index is 13.5. The first-order chi connectivity index (χ1) is 13.8. The van der Waals surface area contributed by atoms with Gasteiger partial charge in [-0.25, -0.2) is 9.78 Å². The van der Waals surface area contributed by atoms with Gasteiger partial charge in [-0.1, -0.05) is 25.5 Å². The van der Waals surface area contributed by atoms with Crippen molar-refractivity contribution in [2.24, 2.45) is 0 Å². The predicted octanol–water partition coefficient (Wildman–Crippen LogP) is 2.78. The minimum absolute atomic E-state index is 0.0334. The molecule has 0 saturated carbocycles. The summed E-state index contributed by atoms with van der Waals surface area (Å²) >= 11 is 0. The third-order valence-electron chi connectivity index (χ3n) is 4.80. The summed E-state index contributed by atoms with van der Waals surface area (Å²) in [5.74, 6) is -1.09. The number of pyridine rings is 1. The lowest BCUT2D eigenvalue weighted by Gasteiger charge is -2.16. The maximum Gasteiger partial charge on any atom is 0.329 e. The molecular formula is C22H22FN3O3. The number of aromatic amines is 1. The van der Waals surface area contributed by atoms with Crippen molar-refractivity contribution in [2.45, 2.75) is 40.2 Å². The van der Waals surface area contributed by atoms with Gasteiger partial charge in [0.2, 0.25) is 11.7 Å². The number of carbonyl (C=O) groups is 1. The number of hydrogen-bond donors (Lipinski definition) is 1. The van der Waals surface area contributed by atoms with Crippen LogP contribution in [0.4, 0.5) is 4.39 Å². The van der Waals surface area contributed by atoms with E-state index in [2.05, 4.69) is 9.97 Å². The molecule has 2 heterocycles. The molecule has 0 unspecified atom stereocenters. The van der Waals surface area contributed by atoms with Crippen LogP contribution < -0.4 is 11.2 Å². The number of hydrogen-bond acceptors (Lipinski definition) is 4. The van der Waals surface area contributed by atoms with Crippen molar-refractivity contribution in [3.8, 4) is 0 Å². The minimum Gasteiger partial charge on any atom is -0.287 e. The van der Waals surface area contributed by atoms with Crippen LogP contribution in [-0.2, 0) is 19.4 Å². The van der Waals surface area contributed by atoms with Gasteiger partial charge >= 0.3 is 5.69 Å². The van der Waals surface area contributed by atoms with Crippen molar-refractivity contribution in [3.05, 3.63) is 96.8 Å². The number of halogens is 1. The Morgan fingerprint density at radius 3 is 2.52 bits per heavy atom. The smallest absolute Gasteiger partial charge is 0.287 e. The van der Waals surface area contributed by atoms with E-state index < -0.39 is 23.0 Å². The fourth-order valence-corrected chi connectivity index (χ4v) is 3.41. The zero-order chi connectivity index (χ0) is 21.1. The molecule has 0 spiro atoms. The average molecular weight is 395 g/mol. The zero-order valence-electron chi connectivity index (χ0n) is 16.6. The van der Waals surface area contributed by atoms with E-state index in [1.54, 1.807) is 25.1 Å². The highest BCUT2D eigenvalue weighted by Crippen LogP contribution is 2.17. The van der Waals surface area contributed by atoms with Gasteiger partial charge < -0.3 is 0 Å².